The number of aliphatic hydroxyl groups excluding tert-OH is 1. The van der Waals surface area contributed by atoms with Crippen LogP contribution in [0.3, 0.4) is 0 Å². The average Bonchev–Trinajstić information content (AvgIpc) is 3.05. The number of ether oxygens (including phenoxy) is 1. The third kappa shape index (κ3) is 31.5. The zero-order valence-electron chi connectivity index (χ0n) is 30.0. The van der Waals surface area contributed by atoms with E-state index in [9.17, 15) is 34.1 Å². The molecule has 0 aromatic carbocycles. The number of carboxylic acid groups (broad SMARTS) is 1. The summed E-state index contributed by atoms with van der Waals surface area (Å²) in [5, 5.41) is 21.7. The van der Waals surface area contributed by atoms with Crippen molar-refractivity contribution in [2.24, 2.45) is 0 Å². The summed E-state index contributed by atoms with van der Waals surface area (Å²) >= 11 is 0. The van der Waals surface area contributed by atoms with Crippen molar-refractivity contribution in [3.8, 4) is 0 Å². The lowest BCUT2D eigenvalue weighted by Crippen LogP contribution is -2.43. The van der Waals surface area contributed by atoms with E-state index in [1.54, 1.807) is 0 Å². The van der Waals surface area contributed by atoms with Crippen LogP contribution in [-0.4, -0.2) is 64.9 Å². The molecule has 0 aliphatic heterocycles. The van der Waals surface area contributed by atoms with Crippen molar-refractivity contribution in [3.05, 3.63) is 12.2 Å². The first kappa shape index (κ1) is 46.2. The summed E-state index contributed by atoms with van der Waals surface area (Å²) in [6.07, 6.45) is 28.2. The van der Waals surface area contributed by atoms with Gasteiger partial charge in [-0.25, -0.2) is 9.36 Å². The highest BCUT2D eigenvalue weighted by molar-refractivity contribution is 7.47. The molecule has 48 heavy (non-hydrogen) atoms. The molecule has 0 heterocycles. The molecule has 3 atom stereocenters. The van der Waals surface area contributed by atoms with E-state index < -0.39 is 57.6 Å². The van der Waals surface area contributed by atoms with Crippen molar-refractivity contribution in [2.45, 2.75) is 180 Å². The summed E-state index contributed by atoms with van der Waals surface area (Å²) in [5.74, 6) is -2.38. The van der Waals surface area contributed by atoms with E-state index in [1.807, 2.05) is 0 Å². The third-order valence-corrected chi connectivity index (χ3v) is 9.01. The van der Waals surface area contributed by atoms with E-state index in [1.165, 1.54) is 70.6 Å². The van der Waals surface area contributed by atoms with Gasteiger partial charge in [0.1, 0.15) is 12.7 Å². The first-order valence-corrected chi connectivity index (χ1v) is 20.2. The van der Waals surface area contributed by atoms with Gasteiger partial charge in [0, 0.05) is 12.8 Å². The molecular formula is C36H68NO10P. The van der Waals surface area contributed by atoms with Gasteiger partial charge in [-0.2, -0.15) is 0 Å². The molecule has 0 aromatic rings. The highest BCUT2D eigenvalue weighted by Crippen LogP contribution is 2.43. The van der Waals surface area contributed by atoms with Gasteiger partial charge in [0.25, 0.3) is 0 Å². The zero-order chi connectivity index (χ0) is 35.7. The van der Waals surface area contributed by atoms with Crippen molar-refractivity contribution in [2.75, 3.05) is 19.8 Å². The number of rotatable bonds is 35. The number of phosphoric ester groups is 1. The minimum absolute atomic E-state index is 0.149. The Balaban J connectivity index is 3.98. The maximum atomic E-state index is 12.2. The first-order chi connectivity index (χ1) is 23.1. The summed E-state index contributed by atoms with van der Waals surface area (Å²) in [5.41, 5.74) is 0. The van der Waals surface area contributed by atoms with Gasteiger partial charge >= 0.3 is 19.8 Å². The topological polar surface area (TPSA) is 169 Å². The number of phosphoric acid groups is 1. The Morgan fingerprint density at radius 1 is 0.646 bits per heavy atom. The molecular weight excluding hydrogens is 637 g/mol. The summed E-state index contributed by atoms with van der Waals surface area (Å²) in [4.78, 5) is 45.6. The van der Waals surface area contributed by atoms with Crippen LogP contribution in [0.1, 0.15) is 168 Å². The van der Waals surface area contributed by atoms with Crippen LogP contribution >= 0.6 is 7.82 Å². The molecule has 0 fully saturated rings. The number of nitrogens with one attached hydrogen (secondary N) is 1. The number of aliphatic hydroxyl groups is 1. The van der Waals surface area contributed by atoms with Crippen LogP contribution in [-0.2, 0) is 32.7 Å². The van der Waals surface area contributed by atoms with Crippen molar-refractivity contribution < 1.29 is 47.8 Å². The Kier molecular flexibility index (Phi) is 31.2. The molecule has 282 valence electrons. The fraction of sp³-hybridized carbons (Fsp3) is 0.861. The van der Waals surface area contributed by atoms with Crippen LogP contribution < -0.4 is 5.32 Å². The molecule has 1 amide bonds. The van der Waals surface area contributed by atoms with E-state index in [0.717, 1.165) is 57.8 Å². The standard InChI is InChI=1S/C36H68NO10P/c1-3-5-7-9-11-13-15-17-19-21-23-25-27-34(39)37-33(36(41)42)31-47-48(43,44)46-30-32(38)29-45-35(40)28-26-24-22-20-18-16-14-12-10-8-6-4-2/h12,14,32-33,38H,3-11,13,15-31H2,1-2H3,(H,37,39)(H,41,42)(H,43,44)/b14-12-. The number of unbranched alkanes of at least 4 members (excludes halogenated alkanes) is 19. The van der Waals surface area contributed by atoms with Gasteiger partial charge in [0.15, 0.2) is 6.04 Å². The second-order valence-corrected chi connectivity index (χ2v) is 14.2. The fourth-order valence-electron chi connectivity index (χ4n) is 5.07. The second kappa shape index (κ2) is 32.4. The Labute approximate surface area is 290 Å². The molecule has 0 aliphatic carbocycles. The van der Waals surface area contributed by atoms with Crippen molar-refractivity contribution >= 4 is 25.7 Å². The van der Waals surface area contributed by atoms with Gasteiger partial charge in [-0.1, -0.05) is 129 Å². The Bertz CT molecular complexity index is 885. The summed E-state index contributed by atoms with van der Waals surface area (Å²) < 4.78 is 26.7. The molecule has 0 aromatic heterocycles. The molecule has 0 bridgehead atoms. The Morgan fingerprint density at radius 2 is 1.08 bits per heavy atom. The van der Waals surface area contributed by atoms with E-state index in [0.29, 0.717) is 12.8 Å². The van der Waals surface area contributed by atoms with E-state index in [4.69, 9.17) is 13.8 Å². The molecule has 0 radical (unpaired) electrons. The highest BCUT2D eigenvalue weighted by atomic mass is 31.2. The Hall–Kier alpha value is -1.78. The summed E-state index contributed by atoms with van der Waals surface area (Å²) in [7, 11) is -4.74. The summed E-state index contributed by atoms with van der Waals surface area (Å²) in [6.45, 7) is 2.53. The molecule has 12 heteroatoms. The number of allylic oxidation sites excluding steroid dienone is 2. The SMILES string of the molecule is CCCCC/C=C\CCCCCCCC(=O)OCC(O)COP(=O)(O)OCC(NC(=O)CCCCCCCCCCCCCC)C(=O)O. The number of aliphatic carboxylic acids is 1. The van der Waals surface area contributed by atoms with Crippen LogP contribution in [0, 0.1) is 0 Å². The van der Waals surface area contributed by atoms with Crippen LogP contribution in [0.2, 0.25) is 0 Å². The van der Waals surface area contributed by atoms with Gasteiger partial charge in [-0.15, -0.1) is 0 Å². The number of hydrogen-bond donors (Lipinski definition) is 4. The molecule has 3 unspecified atom stereocenters. The van der Waals surface area contributed by atoms with Crippen molar-refractivity contribution in [1.29, 1.82) is 0 Å². The molecule has 0 rings (SSSR count). The number of carbonyl (C=O) groups excluding carboxylic acids is 2. The summed E-state index contributed by atoms with van der Waals surface area (Å²) in [6, 6.07) is -1.54. The maximum absolute atomic E-state index is 12.2. The predicted molar refractivity (Wildman–Crippen MR) is 190 cm³/mol. The largest absolute Gasteiger partial charge is 0.480 e. The molecule has 0 saturated heterocycles. The van der Waals surface area contributed by atoms with Gasteiger partial charge < -0.3 is 25.2 Å². The Morgan fingerprint density at radius 3 is 1.62 bits per heavy atom. The average molecular weight is 706 g/mol. The third-order valence-electron chi connectivity index (χ3n) is 8.05. The lowest BCUT2D eigenvalue weighted by atomic mass is 10.0. The number of carboxylic acids is 1. The molecule has 0 saturated carbocycles. The minimum Gasteiger partial charge on any atom is -0.480 e. The van der Waals surface area contributed by atoms with Crippen LogP contribution in [0.4, 0.5) is 0 Å². The number of amides is 1. The predicted octanol–water partition coefficient (Wildman–Crippen LogP) is 8.55. The monoisotopic (exact) mass is 705 g/mol. The number of hydrogen-bond acceptors (Lipinski definition) is 8. The van der Waals surface area contributed by atoms with Gasteiger partial charge in [0.05, 0.1) is 13.2 Å². The zero-order valence-corrected chi connectivity index (χ0v) is 30.9. The van der Waals surface area contributed by atoms with E-state index >= 15 is 0 Å². The van der Waals surface area contributed by atoms with Gasteiger partial charge in [-0.05, 0) is 38.5 Å². The van der Waals surface area contributed by atoms with E-state index in [2.05, 4.69) is 31.3 Å². The fourth-order valence-corrected chi connectivity index (χ4v) is 5.85. The van der Waals surface area contributed by atoms with E-state index in [-0.39, 0.29) is 12.8 Å². The molecule has 11 nitrogen and oxygen atoms in total. The highest BCUT2D eigenvalue weighted by Gasteiger charge is 2.28. The smallest absolute Gasteiger partial charge is 0.472 e. The molecule has 4 N–H and O–H groups in total. The number of esters is 1. The van der Waals surface area contributed by atoms with Crippen LogP contribution in [0.25, 0.3) is 0 Å². The van der Waals surface area contributed by atoms with Crippen LogP contribution in [0.15, 0.2) is 12.2 Å². The van der Waals surface area contributed by atoms with Gasteiger partial charge in [0.2, 0.25) is 5.91 Å². The van der Waals surface area contributed by atoms with Crippen molar-refractivity contribution in [1.82, 2.24) is 5.32 Å². The molecule has 0 spiro atoms. The lowest BCUT2D eigenvalue weighted by molar-refractivity contribution is -0.147. The lowest BCUT2D eigenvalue weighted by Gasteiger charge is -2.18. The quantitative estimate of drug-likeness (QED) is 0.0217. The van der Waals surface area contributed by atoms with Crippen LogP contribution in [0.5, 0.6) is 0 Å². The maximum Gasteiger partial charge on any atom is 0.472 e. The van der Waals surface area contributed by atoms with Gasteiger partial charge in [-0.3, -0.25) is 18.6 Å². The second-order valence-electron chi connectivity index (χ2n) is 12.8. The normalized spacial score (nSPS) is 14.1. The first-order valence-electron chi connectivity index (χ1n) is 18.7. The van der Waals surface area contributed by atoms with Crippen molar-refractivity contribution in [3.63, 3.8) is 0 Å². The minimum atomic E-state index is -4.74. The molecule has 0 aliphatic rings. The number of carbonyl (C=O) groups is 3.